The number of allylic oxidation sites excluding steroid dienone is 1. The number of rotatable bonds is 2. The van der Waals surface area contributed by atoms with Crippen molar-refractivity contribution in [1.82, 2.24) is 10.2 Å². The molecule has 0 amide bonds. The van der Waals surface area contributed by atoms with Gasteiger partial charge in [-0.1, -0.05) is 18.2 Å². The number of nitrogens with one attached hydrogen (secondary N) is 1. The molecule has 0 aliphatic carbocycles. The molecule has 0 radical (unpaired) electrons. The number of aryl methyl sites for hydroxylation is 1. The van der Waals surface area contributed by atoms with Crippen LogP contribution in [0.1, 0.15) is 22.7 Å². The number of para-hydroxylation sites is 1. The van der Waals surface area contributed by atoms with Gasteiger partial charge in [0.2, 0.25) is 11.8 Å². The van der Waals surface area contributed by atoms with Crippen molar-refractivity contribution >= 4 is 5.69 Å². The van der Waals surface area contributed by atoms with Crippen LogP contribution < -0.4 is 10.5 Å². The molecule has 1 aliphatic rings. The number of nitrogens with two attached hydrogens (primary N) is 1. The summed E-state index contributed by atoms with van der Waals surface area (Å²) < 4.78 is 5.33. The SMILES string of the molecule is Cc1[nH]nc2c1[C@@H](c1ccccc1[N+](=O)[O-])C(C#N)=C(N)O2. The summed E-state index contributed by atoms with van der Waals surface area (Å²) in [5, 5.41) is 27.4. The number of hydrogen-bond donors (Lipinski definition) is 2. The van der Waals surface area contributed by atoms with Crippen LogP contribution in [0.4, 0.5) is 5.69 Å². The summed E-state index contributed by atoms with van der Waals surface area (Å²) in [7, 11) is 0. The predicted octanol–water partition coefficient (Wildman–Crippen LogP) is 1.84. The van der Waals surface area contributed by atoms with Gasteiger partial charge in [-0.05, 0) is 6.92 Å². The predicted molar refractivity (Wildman–Crippen MR) is 75.7 cm³/mol. The third-order valence-corrected chi connectivity index (χ3v) is 3.57. The molecule has 8 nitrogen and oxygen atoms in total. The molecule has 3 rings (SSSR count). The maximum absolute atomic E-state index is 11.3. The van der Waals surface area contributed by atoms with Gasteiger partial charge in [-0.25, -0.2) is 0 Å². The normalized spacial score (nSPS) is 16.6. The van der Waals surface area contributed by atoms with Gasteiger partial charge >= 0.3 is 0 Å². The fraction of sp³-hybridized carbons (Fsp3) is 0.143. The van der Waals surface area contributed by atoms with Crippen LogP contribution in [0.5, 0.6) is 5.88 Å². The second kappa shape index (κ2) is 4.89. The molecule has 0 fully saturated rings. The van der Waals surface area contributed by atoms with E-state index >= 15 is 0 Å². The highest BCUT2D eigenvalue weighted by Crippen LogP contribution is 2.44. The number of fused-ring (bicyclic) bond motifs is 1. The fourth-order valence-corrected chi connectivity index (χ4v) is 2.61. The first-order valence-electron chi connectivity index (χ1n) is 6.40. The fourth-order valence-electron chi connectivity index (χ4n) is 2.61. The van der Waals surface area contributed by atoms with Crippen molar-refractivity contribution in [1.29, 1.82) is 5.26 Å². The summed E-state index contributed by atoms with van der Waals surface area (Å²) >= 11 is 0. The Balaban J connectivity index is 2.31. The molecule has 2 heterocycles. The van der Waals surface area contributed by atoms with Crippen molar-refractivity contribution in [3.05, 3.63) is 62.7 Å². The topological polar surface area (TPSA) is 131 Å². The second-order valence-corrected chi connectivity index (χ2v) is 4.81. The van der Waals surface area contributed by atoms with Gasteiger partial charge in [0.25, 0.3) is 5.69 Å². The lowest BCUT2D eigenvalue weighted by Gasteiger charge is -2.23. The zero-order chi connectivity index (χ0) is 15.9. The number of benzene rings is 1. The Kier molecular flexibility index (Phi) is 3.03. The minimum Gasteiger partial charge on any atom is -0.420 e. The van der Waals surface area contributed by atoms with E-state index in [1.807, 2.05) is 6.07 Å². The number of nitro groups is 1. The number of nitrogens with zero attached hydrogens (tertiary/aromatic N) is 3. The molecule has 1 aliphatic heterocycles. The summed E-state index contributed by atoms with van der Waals surface area (Å²) in [5.74, 6) is -0.545. The van der Waals surface area contributed by atoms with Gasteiger partial charge in [-0.15, -0.1) is 5.10 Å². The van der Waals surface area contributed by atoms with E-state index in [1.54, 1.807) is 25.1 Å². The van der Waals surface area contributed by atoms with Gasteiger partial charge in [0, 0.05) is 22.9 Å². The van der Waals surface area contributed by atoms with Crippen molar-refractivity contribution in [2.45, 2.75) is 12.8 Å². The highest BCUT2D eigenvalue weighted by Gasteiger charge is 2.37. The number of nitriles is 1. The van der Waals surface area contributed by atoms with Gasteiger partial charge in [0.15, 0.2) is 0 Å². The van der Waals surface area contributed by atoms with E-state index < -0.39 is 10.8 Å². The zero-order valence-corrected chi connectivity index (χ0v) is 11.5. The lowest BCUT2D eigenvalue weighted by molar-refractivity contribution is -0.385. The maximum Gasteiger partial charge on any atom is 0.273 e. The molecule has 0 spiro atoms. The van der Waals surface area contributed by atoms with Crippen molar-refractivity contribution in [2.24, 2.45) is 5.73 Å². The Morgan fingerprint density at radius 1 is 1.50 bits per heavy atom. The lowest BCUT2D eigenvalue weighted by Crippen LogP contribution is -2.21. The van der Waals surface area contributed by atoms with Crippen molar-refractivity contribution in [2.75, 3.05) is 0 Å². The zero-order valence-electron chi connectivity index (χ0n) is 11.5. The summed E-state index contributed by atoms with van der Waals surface area (Å²) in [6, 6.07) is 8.24. The molecule has 2 aromatic rings. The smallest absolute Gasteiger partial charge is 0.273 e. The summed E-state index contributed by atoms with van der Waals surface area (Å²) in [5.41, 5.74) is 7.45. The van der Waals surface area contributed by atoms with E-state index in [1.165, 1.54) is 6.07 Å². The third kappa shape index (κ3) is 1.88. The highest BCUT2D eigenvalue weighted by atomic mass is 16.6. The number of aromatic amines is 1. The minimum atomic E-state index is -0.686. The third-order valence-electron chi connectivity index (χ3n) is 3.57. The van der Waals surface area contributed by atoms with Crippen molar-refractivity contribution in [3.8, 4) is 11.9 Å². The van der Waals surface area contributed by atoms with Gasteiger partial charge in [0.05, 0.1) is 10.8 Å². The first kappa shape index (κ1) is 13.6. The molecule has 8 heteroatoms. The molecular formula is C14H11N5O3. The van der Waals surface area contributed by atoms with Crippen LogP contribution in [0, 0.1) is 28.4 Å². The number of H-pyrrole nitrogens is 1. The van der Waals surface area contributed by atoms with Crippen LogP contribution >= 0.6 is 0 Å². The first-order valence-corrected chi connectivity index (χ1v) is 6.40. The molecule has 3 N–H and O–H groups in total. The summed E-state index contributed by atoms with van der Waals surface area (Å²) in [6.07, 6.45) is 0. The second-order valence-electron chi connectivity index (χ2n) is 4.81. The van der Waals surface area contributed by atoms with Gasteiger partial charge < -0.3 is 10.5 Å². The van der Waals surface area contributed by atoms with Crippen LogP contribution in [-0.2, 0) is 0 Å². The van der Waals surface area contributed by atoms with E-state index in [2.05, 4.69) is 10.2 Å². The molecular weight excluding hydrogens is 286 g/mol. The molecule has 22 heavy (non-hydrogen) atoms. The van der Waals surface area contributed by atoms with E-state index in [0.717, 1.165) is 0 Å². The Morgan fingerprint density at radius 2 is 2.23 bits per heavy atom. The van der Waals surface area contributed by atoms with E-state index in [-0.39, 0.29) is 23.0 Å². The van der Waals surface area contributed by atoms with Crippen LogP contribution in [0.25, 0.3) is 0 Å². The molecule has 0 saturated carbocycles. The first-order chi connectivity index (χ1) is 10.5. The van der Waals surface area contributed by atoms with Gasteiger partial charge in [-0.2, -0.15) is 5.26 Å². The molecule has 0 bridgehead atoms. The Labute approximate surface area is 125 Å². The standard InChI is InChI=1S/C14H11N5O3/c1-7-11-12(8-4-2-3-5-10(8)19(20)21)9(6-15)13(16)22-14(11)18-17-7/h2-5,12H,16H2,1H3,(H,17,18)/t12-/m0/s1. The van der Waals surface area contributed by atoms with Crippen LogP contribution in [0.15, 0.2) is 35.7 Å². The number of aromatic nitrogens is 2. The molecule has 1 aromatic heterocycles. The van der Waals surface area contributed by atoms with Crippen LogP contribution in [-0.4, -0.2) is 15.1 Å². The molecule has 0 unspecified atom stereocenters. The number of hydrogen-bond acceptors (Lipinski definition) is 6. The Morgan fingerprint density at radius 3 is 2.91 bits per heavy atom. The molecule has 110 valence electrons. The average molecular weight is 297 g/mol. The Bertz CT molecular complexity index is 846. The summed E-state index contributed by atoms with van der Waals surface area (Å²) in [6.45, 7) is 1.76. The quantitative estimate of drug-likeness (QED) is 0.642. The lowest BCUT2D eigenvalue weighted by atomic mass is 9.83. The maximum atomic E-state index is 11.3. The number of nitro benzene ring substituents is 1. The van der Waals surface area contributed by atoms with Crippen molar-refractivity contribution in [3.63, 3.8) is 0 Å². The Hall–Kier alpha value is -3.34. The van der Waals surface area contributed by atoms with E-state index in [4.69, 9.17) is 10.5 Å². The highest BCUT2D eigenvalue weighted by molar-refractivity contribution is 5.59. The molecule has 1 aromatic carbocycles. The van der Waals surface area contributed by atoms with Crippen LogP contribution in [0.3, 0.4) is 0 Å². The van der Waals surface area contributed by atoms with Crippen LogP contribution in [0.2, 0.25) is 0 Å². The van der Waals surface area contributed by atoms with E-state index in [9.17, 15) is 15.4 Å². The average Bonchev–Trinajstić information content (AvgIpc) is 2.86. The number of ether oxygens (including phenoxy) is 1. The van der Waals surface area contributed by atoms with Crippen molar-refractivity contribution < 1.29 is 9.66 Å². The monoisotopic (exact) mass is 297 g/mol. The molecule has 1 atom stereocenters. The minimum absolute atomic E-state index is 0.0819. The largest absolute Gasteiger partial charge is 0.420 e. The van der Waals surface area contributed by atoms with Gasteiger partial charge in [-0.3, -0.25) is 15.2 Å². The molecule has 0 saturated heterocycles. The van der Waals surface area contributed by atoms with E-state index in [0.29, 0.717) is 16.8 Å². The summed E-state index contributed by atoms with van der Waals surface area (Å²) in [4.78, 5) is 10.8. The van der Waals surface area contributed by atoms with Gasteiger partial charge in [0.1, 0.15) is 11.6 Å².